The molecule has 0 rings (SSSR count). The Labute approximate surface area is 384 Å². The van der Waals surface area contributed by atoms with E-state index >= 15 is 0 Å². The second kappa shape index (κ2) is 51.0. The quantitative estimate of drug-likeness (QED) is 0.0262. The highest BCUT2D eigenvalue weighted by molar-refractivity contribution is 5.71. The van der Waals surface area contributed by atoms with Crippen LogP contribution in [-0.2, 0) is 28.6 Å². The van der Waals surface area contributed by atoms with E-state index in [0.717, 1.165) is 89.9 Å². The molecular weight excluding hydrogens is 769 g/mol. The van der Waals surface area contributed by atoms with Crippen molar-refractivity contribution in [3.63, 3.8) is 0 Å². The predicted octanol–water partition coefficient (Wildman–Crippen LogP) is 17.5. The van der Waals surface area contributed by atoms with Gasteiger partial charge >= 0.3 is 17.9 Å². The number of carbonyl (C=O) groups excluding carboxylic acids is 3. The van der Waals surface area contributed by atoms with Crippen molar-refractivity contribution in [2.45, 2.75) is 277 Å². The fraction of sp³-hybridized carbons (Fsp3) is 0.804. The van der Waals surface area contributed by atoms with Gasteiger partial charge in [-0.1, -0.05) is 223 Å². The molecule has 360 valence electrons. The lowest BCUT2D eigenvalue weighted by atomic mass is 10.0. The summed E-state index contributed by atoms with van der Waals surface area (Å²) in [5.74, 6) is -0.915. The Morgan fingerprint density at radius 1 is 0.339 bits per heavy atom. The second-order valence-corrected chi connectivity index (χ2v) is 17.8. The number of esters is 3. The summed E-state index contributed by atoms with van der Waals surface area (Å²) in [6.45, 7) is 6.50. The molecule has 0 aliphatic heterocycles. The minimum atomic E-state index is -0.788. The van der Waals surface area contributed by atoms with Crippen LogP contribution in [0.25, 0.3) is 0 Å². The lowest BCUT2D eigenvalue weighted by Crippen LogP contribution is -2.30. The average molecular weight is 869 g/mol. The van der Waals surface area contributed by atoms with Crippen LogP contribution in [0.5, 0.6) is 0 Å². The summed E-state index contributed by atoms with van der Waals surface area (Å²) in [7, 11) is 0. The van der Waals surface area contributed by atoms with Crippen molar-refractivity contribution in [3.05, 3.63) is 48.6 Å². The molecule has 6 heteroatoms. The zero-order chi connectivity index (χ0) is 45.1. The Balaban J connectivity index is 4.36. The van der Waals surface area contributed by atoms with E-state index in [9.17, 15) is 14.4 Å². The lowest BCUT2D eigenvalue weighted by molar-refractivity contribution is -0.167. The Bertz CT molecular complexity index is 1090. The third kappa shape index (κ3) is 48.4. The van der Waals surface area contributed by atoms with Crippen LogP contribution >= 0.6 is 0 Å². The summed E-state index contributed by atoms with van der Waals surface area (Å²) >= 11 is 0. The van der Waals surface area contributed by atoms with Crippen molar-refractivity contribution < 1.29 is 28.6 Å². The summed E-state index contributed by atoms with van der Waals surface area (Å²) in [6.07, 6.45) is 61.0. The van der Waals surface area contributed by atoms with E-state index < -0.39 is 6.10 Å². The molecule has 0 aliphatic carbocycles. The molecule has 0 saturated heterocycles. The van der Waals surface area contributed by atoms with E-state index in [1.807, 2.05) is 0 Å². The molecule has 0 heterocycles. The van der Waals surface area contributed by atoms with Crippen molar-refractivity contribution in [2.24, 2.45) is 0 Å². The molecule has 0 N–H and O–H groups in total. The van der Waals surface area contributed by atoms with Crippen LogP contribution in [0.4, 0.5) is 0 Å². The van der Waals surface area contributed by atoms with Gasteiger partial charge in [-0.2, -0.15) is 0 Å². The summed E-state index contributed by atoms with van der Waals surface area (Å²) in [4.78, 5) is 38.0. The highest BCUT2D eigenvalue weighted by Crippen LogP contribution is 2.16. The third-order valence-corrected chi connectivity index (χ3v) is 11.6. The van der Waals surface area contributed by atoms with E-state index in [0.29, 0.717) is 19.3 Å². The number of hydrogen-bond acceptors (Lipinski definition) is 6. The van der Waals surface area contributed by atoms with E-state index in [1.165, 1.54) is 141 Å². The topological polar surface area (TPSA) is 78.9 Å². The molecule has 0 radical (unpaired) electrons. The molecule has 0 bridgehead atoms. The summed E-state index contributed by atoms with van der Waals surface area (Å²) in [5, 5.41) is 0. The van der Waals surface area contributed by atoms with Crippen molar-refractivity contribution in [1.29, 1.82) is 0 Å². The number of rotatable bonds is 48. The monoisotopic (exact) mass is 869 g/mol. The zero-order valence-electron chi connectivity index (χ0n) is 41.1. The summed E-state index contributed by atoms with van der Waals surface area (Å²) < 4.78 is 16.8. The van der Waals surface area contributed by atoms with Gasteiger partial charge in [0.15, 0.2) is 6.10 Å². The number of allylic oxidation sites excluding steroid dienone is 8. The molecule has 0 aromatic carbocycles. The summed E-state index contributed by atoms with van der Waals surface area (Å²) in [5.41, 5.74) is 0. The minimum Gasteiger partial charge on any atom is -0.462 e. The second-order valence-electron chi connectivity index (χ2n) is 17.8. The average Bonchev–Trinajstić information content (AvgIpc) is 3.27. The van der Waals surface area contributed by atoms with E-state index in [-0.39, 0.29) is 31.1 Å². The first-order chi connectivity index (χ1) is 30.5. The Morgan fingerprint density at radius 3 is 1.03 bits per heavy atom. The molecule has 1 atom stereocenters. The van der Waals surface area contributed by atoms with Crippen molar-refractivity contribution in [1.82, 2.24) is 0 Å². The SMILES string of the molecule is CC/C=C\C/C=C\C/C=C\CCCCCC(=O)OC(COC(=O)CCCCCCC/C=C\CCCCCC)COC(=O)CCCCCCCCCCCCCCCCCCCC. The molecule has 0 spiro atoms. The first-order valence-corrected chi connectivity index (χ1v) is 26.6. The number of ether oxygens (including phenoxy) is 3. The van der Waals surface area contributed by atoms with E-state index in [4.69, 9.17) is 14.2 Å². The summed E-state index contributed by atoms with van der Waals surface area (Å²) in [6, 6.07) is 0. The van der Waals surface area contributed by atoms with Gasteiger partial charge in [-0.15, -0.1) is 0 Å². The maximum atomic E-state index is 12.8. The smallest absolute Gasteiger partial charge is 0.306 e. The van der Waals surface area contributed by atoms with Gasteiger partial charge in [0, 0.05) is 19.3 Å². The molecular formula is C56H100O6. The van der Waals surface area contributed by atoms with Crippen molar-refractivity contribution >= 4 is 17.9 Å². The lowest BCUT2D eigenvalue weighted by Gasteiger charge is -2.18. The maximum Gasteiger partial charge on any atom is 0.306 e. The van der Waals surface area contributed by atoms with Crippen molar-refractivity contribution in [2.75, 3.05) is 13.2 Å². The van der Waals surface area contributed by atoms with Gasteiger partial charge in [-0.25, -0.2) is 0 Å². The van der Waals surface area contributed by atoms with Crippen LogP contribution in [0, 0.1) is 0 Å². The van der Waals surface area contributed by atoms with Crippen LogP contribution in [0.3, 0.4) is 0 Å². The molecule has 0 fully saturated rings. The van der Waals surface area contributed by atoms with Gasteiger partial charge in [-0.3, -0.25) is 14.4 Å². The zero-order valence-corrected chi connectivity index (χ0v) is 41.1. The molecule has 62 heavy (non-hydrogen) atoms. The van der Waals surface area contributed by atoms with Crippen LogP contribution in [-0.4, -0.2) is 37.2 Å². The standard InChI is InChI=1S/C56H100O6/c1-4-7-10-13-16-19-22-25-26-27-28-29-32-34-37-40-43-46-49-55(58)61-52-53(62-56(59)50-47-44-41-38-35-31-24-21-18-15-12-9-6-3)51-60-54(57)48-45-42-39-36-33-30-23-20-17-14-11-8-5-2/h9,12,18,20-21,23,31,35,53H,4-8,10-11,13-17,19,22,24-30,32-34,36-52H2,1-3H3/b12-9-,21-18-,23-20-,35-31-. The molecule has 1 unspecified atom stereocenters. The third-order valence-electron chi connectivity index (χ3n) is 11.6. The van der Waals surface area contributed by atoms with Crippen LogP contribution in [0.1, 0.15) is 271 Å². The Hall–Kier alpha value is -2.63. The first kappa shape index (κ1) is 59.4. The normalized spacial score (nSPS) is 12.4. The van der Waals surface area contributed by atoms with Gasteiger partial charge in [0.1, 0.15) is 13.2 Å². The largest absolute Gasteiger partial charge is 0.462 e. The molecule has 0 saturated carbocycles. The molecule has 0 aromatic heterocycles. The number of carbonyl (C=O) groups is 3. The van der Waals surface area contributed by atoms with E-state index in [1.54, 1.807) is 0 Å². The van der Waals surface area contributed by atoms with Gasteiger partial charge < -0.3 is 14.2 Å². The predicted molar refractivity (Wildman–Crippen MR) is 265 cm³/mol. The Morgan fingerprint density at radius 2 is 0.629 bits per heavy atom. The molecule has 0 amide bonds. The van der Waals surface area contributed by atoms with Gasteiger partial charge in [0.2, 0.25) is 0 Å². The van der Waals surface area contributed by atoms with Gasteiger partial charge in [-0.05, 0) is 77.0 Å². The molecule has 6 nitrogen and oxygen atoms in total. The van der Waals surface area contributed by atoms with Crippen LogP contribution in [0.15, 0.2) is 48.6 Å². The minimum absolute atomic E-state index is 0.0851. The van der Waals surface area contributed by atoms with Crippen LogP contribution in [0.2, 0.25) is 0 Å². The van der Waals surface area contributed by atoms with Crippen LogP contribution < -0.4 is 0 Å². The van der Waals surface area contributed by atoms with E-state index in [2.05, 4.69) is 69.4 Å². The van der Waals surface area contributed by atoms with Crippen molar-refractivity contribution in [3.8, 4) is 0 Å². The number of hydrogen-bond donors (Lipinski definition) is 0. The van der Waals surface area contributed by atoms with Gasteiger partial charge in [0.25, 0.3) is 0 Å². The number of unbranched alkanes of at least 4 members (excludes halogenated alkanes) is 29. The molecule has 0 aliphatic rings. The fourth-order valence-electron chi connectivity index (χ4n) is 7.57. The highest BCUT2D eigenvalue weighted by Gasteiger charge is 2.19. The highest BCUT2D eigenvalue weighted by atomic mass is 16.6. The molecule has 0 aromatic rings. The fourth-order valence-corrected chi connectivity index (χ4v) is 7.57. The van der Waals surface area contributed by atoms with Gasteiger partial charge in [0.05, 0.1) is 0 Å². The Kier molecular flexibility index (Phi) is 48.8. The maximum absolute atomic E-state index is 12.8. The first-order valence-electron chi connectivity index (χ1n) is 26.6.